The van der Waals surface area contributed by atoms with Crippen molar-refractivity contribution in [3.63, 3.8) is 0 Å². The molecule has 0 atom stereocenters. The minimum absolute atomic E-state index is 0.260. The van der Waals surface area contributed by atoms with E-state index in [1.807, 2.05) is 0 Å². The number of benzene rings is 2. The van der Waals surface area contributed by atoms with Gasteiger partial charge in [-0.15, -0.1) is 0 Å². The highest BCUT2D eigenvalue weighted by molar-refractivity contribution is 6.42. The van der Waals surface area contributed by atoms with Crippen molar-refractivity contribution in [1.82, 2.24) is 10.5 Å². The van der Waals surface area contributed by atoms with E-state index in [9.17, 15) is 4.79 Å². The van der Waals surface area contributed by atoms with E-state index in [0.29, 0.717) is 37.1 Å². The van der Waals surface area contributed by atoms with Gasteiger partial charge in [0, 0.05) is 12.1 Å². The summed E-state index contributed by atoms with van der Waals surface area (Å²) in [5.41, 5.74) is 1.83. The second-order valence-corrected chi connectivity index (χ2v) is 7.12. The quantitative estimate of drug-likeness (QED) is 0.537. The summed E-state index contributed by atoms with van der Waals surface area (Å²) < 4.78 is 5.20. The summed E-state index contributed by atoms with van der Waals surface area (Å²) in [7, 11) is 0. The molecule has 1 N–H and O–H groups in total. The van der Waals surface area contributed by atoms with Crippen LogP contribution >= 0.6 is 46.4 Å². The van der Waals surface area contributed by atoms with Gasteiger partial charge in [0.15, 0.2) is 0 Å². The van der Waals surface area contributed by atoms with Crippen LogP contribution in [0.2, 0.25) is 20.1 Å². The van der Waals surface area contributed by atoms with Crippen LogP contribution in [0.1, 0.15) is 21.7 Å². The topological polar surface area (TPSA) is 55.1 Å². The second-order valence-electron chi connectivity index (χ2n) is 5.49. The van der Waals surface area contributed by atoms with Gasteiger partial charge in [0.1, 0.15) is 17.0 Å². The second kappa shape index (κ2) is 7.89. The molecule has 8 heteroatoms. The van der Waals surface area contributed by atoms with E-state index in [1.165, 1.54) is 0 Å². The summed E-state index contributed by atoms with van der Waals surface area (Å²) in [6.07, 6.45) is 0. The van der Waals surface area contributed by atoms with Crippen LogP contribution < -0.4 is 5.32 Å². The van der Waals surface area contributed by atoms with Crippen LogP contribution in [0.25, 0.3) is 11.3 Å². The first-order chi connectivity index (χ1) is 12.4. The Morgan fingerprint density at radius 3 is 2.38 bits per heavy atom. The molecule has 0 saturated heterocycles. The fourth-order valence-corrected chi connectivity index (χ4v) is 3.35. The Labute approximate surface area is 170 Å². The number of nitrogens with one attached hydrogen (secondary N) is 1. The van der Waals surface area contributed by atoms with Crippen molar-refractivity contribution in [2.75, 3.05) is 0 Å². The molecule has 0 aliphatic heterocycles. The molecular formula is C18H12Cl4N2O2. The number of aryl methyl sites for hydroxylation is 1. The van der Waals surface area contributed by atoms with Crippen molar-refractivity contribution in [3.8, 4) is 11.3 Å². The fraction of sp³-hybridized carbons (Fsp3) is 0.111. The van der Waals surface area contributed by atoms with E-state index in [1.54, 1.807) is 43.3 Å². The first-order valence-electron chi connectivity index (χ1n) is 7.51. The third kappa shape index (κ3) is 3.84. The van der Waals surface area contributed by atoms with Crippen LogP contribution in [0.5, 0.6) is 0 Å². The lowest BCUT2D eigenvalue weighted by molar-refractivity contribution is 0.0950. The highest BCUT2D eigenvalue weighted by Crippen LogP contribution is 2.36. The van der Waals surface area contributed by atoms with Gasteiger partial charge in [-0.05, 0) is 36.8 Å². The van der Waals surface area contributed by atoms with Gasteiger partial charge in [-0.3, -0.25) is 4.79 Å². The molecule has 0 aliphatic rings. The Balaban J connectivity index is 1.88. The molecule has 0 unspecified atom stereocenters. The van der Waals surface area contributed by atoms with E-state index < -0.39 is 0 Å². The number of halogens is 4. The van der Waals surface area contributed by atoms with Gasteiger partial charge in [0.25, 0.3) is 5.91 Å². The largest absolute Gasteiger partial charge is 0.360 e. The molecule has 1 heterocycles. The van der Waals surface area contributed by atoms with Gasteiger partial charge in [0.05, 0.1) is 20.1 Å². The third-order valence-corrected chi connectivity index (χ3v) is 5.10. The summed E-state index contributed by atoms with van der Waals surface area (Å²) in [4.78, 5) is 12.7. The lowest BCUT2D eigenvalue weighted by Crippen LogP contribution is -2.23. The van der Waals surface area contributed by atoms with Gasteiger partial charge >= 0.3 is 0 Å². The molecule has 1 amide bonds. The molecule has 2 aromatic carbocycles. The summed E-state index contributed by atoms with van der Waals surface area (Å²) in [5, 5.41) is 8.41. The number of carbonyl (C=O) groups is 1. The first kappa shape index (κ1) is 19.1. The standard InChI is InChI=1S/C18H12Cl4N2O2/c1-9-15(17(24-26-9)16-12(20)3-2-4-13(16)21)18(25)23-8-10-5-6-11(19)14(22)7-10/h2-7H,8H2,1H3,(H,23,25). The van der Waals surface area contributed by atoms with Gasteiger partial charge in [0.2, 0.25) is 0 Å². The van der Waals surface area contributed by atoms with E-state index in [-0.39, 0.29) is 18.0 Å². The van der Waals surface area contributed by atoms with Crippen molar-refractivity contribution in [3.05, 3.63) is 73.4 Å². The molecule has 26 heavy (non-hydrogen) atoms. The van der Waals surface area contributed by atoms with Gasteiger partial charge in [-0.25, -0.2) is 0 Å². The van der Waals surface area contributed by atoms with Crippen LogP contribution in [0, 0.1) is 6.92 Å². The fourth-order valence-electron chi connectivity index (χ4n) is 2.45. The van der Waals surface area contributed by atoms with Gasteiger partial charge in [-0.2, -0.15) is 0 Å². The maximum atomic E-state index is 12.7. The van der Waals surface area contributed by atoms with Crippen molar-refractivity contribution in [2.24, 2.45) is 0 Å². The Morgan fingerprint density at radius 2 is 1.73 bits per heavy atom. The molecule has 3 rings (SSSR count). The van der Waals surface area contributed by atoms with Gasteiger partial charge < -0.3 is 9.84 Å². The van der Waals surface area contributed by atoms with E-state index >= 15 is 0 Å². The highest BCUT2D eigenvalue weighted by Gasteiger charge is 2.24. The zero-order valence-corrected chi connectivity index (χ0v) is 16.5. The summed E-state index contributed by atoms with van der Waals surface area (Å²) in [6.45, 7) is 1.91. The number of hydrogen-bond donors (Lipinski definition) is 1. The predicted molar refractivity (Wildman–Crippen MR) is 104 cm³/mol. The smallest absolute Gasteiger partial charge is 0.257 e. The van der Waals surface area contributed by atoms with Crippen LogP contribution in [-0.4, -0.2) is 11.1 Å². The van der Waals surface area contributed by atoms with E-state index in [4.69, 9.17) is 50.9 Å². The average Bonchev–Trinajstić information content (AvgIpc) is 2.97. The minimum atomic E-state index is -0.360. The normalized spacial score (nSPS) is 10.8. The molecule has 4 nitrogen and oxygen atoms in total. The molecule has 0 saturated carbocycles. The van der Waals surface area contributed by atoms with Crippen molar-refractivity contribution >= 4 is 52.3 Å². The summed E-state index contributed by atoms with van der Waals surface area (Å²) >= 11 is 24.4. The number of rotatable bonds is 4. The van der Waals surface area contributed by atoms with E-state index in [2.05, 4.69) is 10.5 Å². The highest BCUT2D eigenvalue weighted by atomic mass is 35.5. The summed E-state index contributed by atoms with van der Waals surface area (Å²) in [5.74, 6) is 0.00318. The molecular weight excluding hydrogens is 418 g/mol. The molecule has 134 valence electrons. The Kier molecular flexibility index (Phi) is 5.78. The lowest BCUT2D eigenvalue weighted by Gasteiger charge is -2.08. The Hall–Kier alpha value is -1.72. The molecule has 0 fully saturated rings. The zero-order valence-electron chi connectivity index (χ0n) is 13.4. The Morgan fingerprint density at radius 1 is 1.04 bits per heavy atom. The average molecular weight is 430 g/mol. The number of amides is 1. The number of nitrogens with zero attached hydrogens (tertiary/aromatic N) is 1. The van der Waals surface area contributed by atoms with Crippen LogP contribution in [-0.2, 0) is 6.54 Å². The van der Waals surface area contributed by atoms with Crippen molar-refractivity contribution in [1.29, 1.82) is 0 Å². The number of aromatic nitrogens is 1. The van der Waals surface area contributed by atoms with Crippen molar-refractivity contribution < 1.29 is 9.32 Å². The zero-order chi connectivity index (χ0) is 18.8. The lowest BCUT2D eigenvalue weighted by atomic mass is 10.1. The first-order valence-corrected chi connectivity index (χ1v) is 9.02. The van der Waals surface area contributed by atoms with Gasteiger partial charge in [-0.1, -0.05) is 63.7 Å². The SMILES string of the molecule is Cc1onc(-c2c(Cl)cccc2Cl)c1C(=O)NCc1ccc(Cl)c(Cl)c1. The molecule has 3 aromatic rings. The number of hydrogen-bond acceptors (Lipinski definition) is 3. The molecule has 0 spiro atoms. The Bertz CT molecular complexity index is 965. The van der Waals surface area contributed by atoms with Crippen LogP contribution in [0.4, 0.5) is 0 Å². The molecule has 1 aromatic heterocycles. The van der Waals surface area contributed by atoms with Crippen LogP contribution in [0.3, 0.4) is 0 Å². The third-order valence-electron chi connectivity index (χ3n) is 3.73. The van der Waals surface area contributed by atoms with Crippen LogP contribution in [0.15, 0.2) is 40.9 Å². The molecule has 0 bridgehead atoms. The van der Waals surface area contributed by atoms with Crippen molar-refractivity contribution in [2.45, 2.75) is 13.5 Å². The number of carbonyl (C=O) groups excluding carboxylic acids is 1. The maximum Gasteiger partial charge on any atom is 0.257 e. The monoisotopic (exact) mass is 428 g/mol. The maximum absolute atomic E-state index is 12.7. The molecule has 0 aliphatic carbocycles. The van der Waals surface area contributed by atoms with E-state index in [0.717, 1.165) is 5.56 Å². The summed E-state index contributed by atoms with van der Waals surface area (Å²) in [6, 6.07) is 10.2. The minimum Gasteiger partial charge on any atom is -0.360 e. The molecule has 0 radical (unpaired) electrons. The predicted octanol–water partition coefficient (Wildman–Crippen LogP) is 6.19.